The summed E-state index contributed by atoms with van der Waals surface area (Å²) in [5, 5.41) is 3.93. The molecule has 0 unspecified atom stereocenters. The van der Waals surface area contributed by atoms with Crippen molar-refractivity contribution in [1.82, 2.24) is 14.1 Å². The van der Waals surface area contributed by atoms with Gasteiger partial charge in [0.1, 0.15) is 6.26 Å². The van der Waals surface area contributed by atoms with Crippen LogP contribution in [0.2, 0.25) is 0 Å². The molecule has 0 aromatic carbocycles. The molecule has 24 heavy (non-hydrogen) atoms. The average molecular weight is 353 g/mol. The molecule has 8 nitrogen and oxygen atoms in total. The van der Waals surface area contributed by atoms with Gasteiger partial charge in [-0.1, -0.05) is 0 Å². The van der Waals surface area contributed by atoms with Crippen LogP contribution in [0.15, 0.2) is 34.2 Å². The number of ether oxygens (including phenoxy) is 1. The number of carbonyl (C=O) groups excluding carboxylic acids is 1. The highest BCUT2D eigenvalue weighted by molar-refractivity contribution is 7.89. The van der Waals surface area contributed by atoms with Crippen molar-refractivity contribution in [3.05, 3.63) is 35.9 Å². The maximum atomic E-state index is 12.6. The van der Waals surface area contributed by atoms with Gasteiger partial charge in [-0.05, 0) is 24.3 Å². The SMILES string of the molecule is COC(=O)c1coc(S(=O)(=O)N2CCC(c3cnn(C)c3)CC2)c1. The number of sulfonamides is 1. The van der Waals surface area contributed by atoms with Crippen molar-refractivity contribution < 1.29 is 22.4 Å². The van der Waals surface area contributed by atoms with E-state index in [2.05, 4.69) is 9.84 Å². The molecule has 0 aliphatic carbocycles. The molecule has 0 spiro atoms. The van der Waals surface area contributed by atoms with Crippen LogP contribution in [0.1, 0.15) is 34.7 Å². The van der Waals surface area contributed by atoms with Gasteiger partial charge in [0, 0.05) is 32.4 Å². The molecule has 1 fully saturated rings. The summed E-state index contributed by atoms with van der Waals surface area (Å²) in [6.45, 7) is 0.798. The van der Waals surface area contributed by atoms with Crippen LogP contribution in [-0.2, 0) is 21.8 Å². The summed E-state index contributed by atoms with van der Waals surface area (Å²) < 4.78 is 38.0. The summed E-state index contributed by atoms with van der Waals surface area (Å²) in [6, 6.07) is 1.20. The Labute approximate surface area is 140 Å². The highest BCUT2D eigenvalue weighted by atomic mass is 32.2. The van der Waals surface area contributed by atoms with E-state index in [4.69, 9.17) is 4.42 Å². The van der Waals surface area contributed by atoms with Gasteiger partial charge >= 0.3 is 5.97 Å². The van der Waals surface area contributed by atoms with Crippen LogP contribution >= 0.6 is 0 Å². The molecule has 0 atom stereocenters. The molecule has 0 bridgehead atoms. The molecule has 9 heteroatoms. The van der Waals surface area contributed by atoms with Gasteiger partial charge in [-0.15, -0.1) is 0 Å². The van der Waals surface area contributed by atoms with Gasteiger partial charge in [0.05, 0.1) is 18.9 Å². The van der Waals surface area contributed by atoms with Crippen molar-refractivity contribution in [2.24, 2.45) is 7.05 Å². The fourth-order valence-electron chi connectivity index (χ4n) is 2.88. The monoisotopic (exact) mass is 353 g/mol. The Balaban J connectivity index is 1.70. The van der Waals surface area contributed by atoms with E-state index in [0.717, 1.165) is 24.7 Å². The molecular weight excluding hydrogens is 334 g/mol. The molecule has 0 saturated carbocycles. The fourth-order valence-corrected chi connectivity index (χ4v) is 4.28. The minimum Gasteiger partial charge on any atom is -0.465 e. The maximum Gasteiger partial charge on any atom is 0.341 e. The Hall–Kier alpha value is -2.13. The second kappa shape index (κ2) is 6.40. The number of hydrogen-bond donors (Lipinski definition) is 0. The largest absolute Gasteiger partial charge is 0.465 e. The number of hydrogen-bond acceptors (Lipinski definition) is 6. The van der Waals surface area contributed by atoms with Crippen LogP contribution in [0, 0.1) is 0 Å². The molecule has 0 radical (unpaired) electrons. The van der Waals surface area contributed by atoms with Gasteiger partial charge in [-0.25, -0.2) is 13.2 Å². The molecule has 0 N–H and O–H groups in total. The van der Waals surface area contributed by atoms with E-state index in [0.29, 0.717) is 19.0 Å². The third kappa shape index (κ3) is 3.09. The van der Waals surface area contributed by atoms with Crippen molar-refractivity contribution >= 4 is 16.0 Å². The highest BCUT2D eigenvalue weighted by Gasteiger charge is 2.33. The van der Waals surface area contributed by atoms with Crippen molar-refractivity contribution in [2.75, 3.05) is 20.2 Å². The zero-order chi connectivity index (χ0) is 17.3. The van der Waals surface area contributed by atoms with E-state index in [1.807, 2.05) is 19.4 Å². The van der Waals surface area contributed by atoms with E-state index < -0.39 is 16.0 Å². The fraction of sp³-hybridized carbons (Fsp3) is 0.467. The predicted molar refractivity (Wildman–Crippen MR) is 84.0 cm³/mol. The van der Waals surface area contributed by atoms with E-state index in [9.17, 15) is 13.2 Å². The van der Waals surface area contributed by atoms with Crippen LogP contribution in [-0.4, -0.2) is 48.7 Å². The molecule has 1 aliphatic heterocycles. The Kier molecular flexibility index (Phi) is 4.46. The first-order chi connectivity index (χ1) is 11.4. The number of carbonyl (C=O) groups is 1. The third-order valence-electron chi connectivity index (χ3n) is 4.24. The quantitative estimate of drug-likeness (QED) is 0.771. The number of aryl methyl sites for hydroxylation is 1. The van der Waals surface area contributed by atoms with Crippen molar-refractivity contribution in [3.63, 3.8) is 0 Å². The molecule has 130 valence electrons. The molecule has 1 aliphatic rings. The zero-order valence-electron chi connectivity index (χ0n) is 13.5. The summed E-state index contributed by atoms with van der Waals surface area (Å²) in [4.78, 5) is 11.4. The lowest BCUT2D eigenvalue weighted by molar-refractivity contribution is 0.0600. The van der Waals surface area contributed by atoms with Crippen LogP contribution in [0.3, 0.4) is 0 Å². The number of nitrogens with zero attached hydrogens (tertiary/aromatic N) is 3. The van der Waals surface area contributed by atoms with Crippen molar-refractivity contribution in [1.29, 1.82) is 0 Å². The van der Waals surface area contributed by atoms with Crippen LogP contribution in [0.4, 0.5) is 0 Å². The van der Waals surface area contributed by atoms with Gasteiger partial charge in [0.2, 0.25) is 5.09 Å². The van der Waals surface area contributed by atoms with E-state index in [-0.39, 0.29) is 10.7 Å². The number of esters is 1. The average Bonchev–Trinajstić information content (AvgIpc) is 3.24. The van der Waals surface area contributed by atoms with Crippen LogP contribution in [0.25, 0.3) is 0 Å². The number of aromatic nitrogens is 2. The predicted octanol–water partition coefficient (Wildman–Crippen LogP) is 1.37. The van der Waals surface area contributed by atoms with Crippen molar-refractivity contribution in [3.8, 4) is 0 Å². The lowest BCUT2D eigenvalue weighted by Crippen LogP contribution is -2.37. The molecule has 3 heterocycles. The first-order valence-corrected chi connectivity index (χ1v) is 9.01. The Morgan fingerprint density at radius 1 is 1.38 bits per heavy atom. The molecular formula is C15H19N3O5S. The van der Waals surface area contributed by atoms with Gasteiger partial charge in [0.15, 0.2) is 0 Å². The van der Waals surface area contributed by atoms with Gasteiger partial charge in [0.25, 0.3) is 10.0 Å². The highest BCUT2D eigenvalue weighted by Crippen LogP contribution is 2.30. The first kappa shape index (κ1) is 16.7. The van der Waals surface area contributed by atoms with E-state index >= 15 is 0 Å². The second-order valence-electron chi connectivity index (χ2n) is 5.77. The normalized spacial score (nSPS) is 17.1. The summed E-state index contributed by atoms with van der Waals surface area (Å²) in [5.41, 5.74) is 1.21. The minimum absolute atomic E-state index is 0.0846. The summed E-state index contributed by atoms with van der Waals surface area (Å²) in [6.07, 6.45) is 6.32. The third-order valence-corrected chi connectivity index (χ3v) is 6.01. The zero-order valence-corrected chi connectivity index (χ0v) is 14.3. The Bertz CT molecular complexity index is 831. The molecule has 2 aromatic rings. The van der Waals surface area contributed by atoms with Crippen LogP contribution < -0.4 is 0 Å². The minimum atomic E-state index is -3.75. The number of furan rings is 1. The number of rotatable bonds is 4. The smallest absolute Gasteiger partial charge is 0.341 e. The summed E-state index contributed by atoms with van der Waals surface area (Å²) in [7, 11) is -0.656. The molecule has 1 saturated heterocycles. The maximum absolute atomic E-state index is 12.6. The topological polar surface area (TPSA) is 94.6 Å². The second-order valence-corrected chi connectivity index (χ2v) is 7.64. The Morgan fingerprint density at radius 3 is 2.67 bits per heavy atom. The molecule has 3 rings (SSSR count). The lowest BCUT2D eigenvalue weighted by atomic mass is 9.93. The van der Waals surface area contributed by atoms with Gasteiger partial charge in [-0.2, -0.15) is 9.40 Å². The number of methoxy groups -OCH3 is 1. The lowest BCUT2D eigenvalue weighted by Gasteiger charge is -2.29. The molecule has 2 aromatic heterocycles. The molecule has 0 amide bonds. The van der Waals surface area contributed by atoms with E-state index in [1.165, 1.54) is 17.5 Å². The van der Waals surface area contributed by atoms with E-state index in [1.54, 1.807) is 4.68 Å². The van der Waals surface area contributed by atoms with Gasteiger partial charge in [-0.3, -0.25) is 4.68 Å². The van der Waals surface area contributed by atoms with Crippen LogP contribution in [0.5, 0.6) is 0 Å². The standard InChI is InChI=1S/C15H19N3O5S/c1-17-9-13(8-16-17)11-3-5-18(6-4-11)24(20,21)14-7-12(10-23-14)15(19)22-2/h7-11H,3-6H2,1-2H3. The summed E-state index contributed by atoms with van der Waals surface area (Å²) in [5.74, 6) is -0.331. The first-order valence-electron chi connectivity index (χ1n) is 7.57. The van der Waals surface area contributed by atoms with Crippen molar-refractivity contribution in [2.45, 2.75) is 23.9 Å². The van der Waals surface area contributed by atoms with Gasteiger partial charge < -0.3 is 9.15 Å². The number of piperidine rings is 1. The summed E-state index contributed by atoms with van der Waals surface area (Å²) >= 11 is 0. The Morgan fingerprint density at radius 2 is 2.08 bits per heavy atom.